The van der Waals surface area contributed by atoms with Crippen molar-refractivity contribution in [3.05, 3.63) is 77.1 Å². The van der Waals surface area contributed by atoms with Gasteiger partial charge in [-0.2, -0.15) is 4.39 Å². The van der Waals surface area contributed by atoms with Crippen LogP contribution in [0.25, 0.3) is 22.4 Å². The number of carbonyl (C=O) groups is 3. The predicted octanol–water partition coefficient (Wildman–Crippen LogP) is 5.13. The number of halogens is 2. The number of ether oxygens (including phenoxy) is 1. The van der Waals surface area contributed by atoms with Crippen LogP contribution in [0.5, 0.6) is 5.75 Å². The second kappa shape index (κ2) is 12.0. The molecule has 1 aliphatic heterocycles. The van der Waals surface area contributed by atoms with E-state index in [4.69, 9.17) is 4.74 Å². The molecule has 1 N–H and O–H groups in total. The first-order valence-electron chi connectivity index (χ1n) is 12.9. The van der Waals surface area contributed by atoms with Crippen molar-refractivity contribution in [2.75, 3.05) is 30.8 Å². The summed E-state index contributed by atoms with van der Waals surface area (Å²) in [6.45, 7) is -1.10. The van der Waals surface area contributed by atoms with Crippen LogP contribution in [0.1, 0.15) is 17.5 Å². The average Bonchev–Trinajstić information content (AvgIpc) is 3.50. The zero-order valence-corrected chi connectivity index (χ0v) is 23.5. The Bertz CT molecular complexity index is 1660. The Labute approximate surface area is 244 Å². The van der Waals surface area contributed by atoms with Crippen LogP contribution in [0.2, 0.25) is 0 Å². The number of amides is 2. The number of thiazole rings is 1. The van der Waals surface area contributed by atoms with Crippen LogP contribution < -0.4 is 14.5 Å². The molecule has 2 aromatic heterocycles. The fourth-order valence-corrected chi connectivity index (χ4v) is 5.71. The average molecular weight is 593 g/mol. The normalized spacial score (nSPS) is 13.1. The third-order valence-corrected chi connectivity index (χ3v) is 7.96. The van der Waals surface area contributed by atoms with E-state index in [-0.39, 0.29) is 40.9 Å². The van der Waals surface area contributed by atoms with Crippen LogP contribution in [0.15, 0.2) is 60.8 Å². The highest BCUT2D eigenvalue weighted by Gasteiger charge is 2.30. The number of carbonyl (C=O) groups excluding carboxylic acids is 2. The Morgan fingerprint density at radius 2 is 1.93 bits per heavy atom. The largest absolute Gasteiger partial charge is 0.481 e. The number of rotatable bonds is 10. The van der Waals surface area contributed by atoms with Crippen molar-refractivity contribution < 1.29 is 33.0 Å². The minimum Gasteiger partial charge on any atom is -0.481 e. The molecule has 4 aromatic rings. The number of anilines is 2. The molecule has 0 bridgehead atoms. The van der Waals surface area contributed by atoms with Crippen molar-refractivity contribution in [3.8, 4) is 28.1 Å². The van der Waals surface area contributed by atoms with Crippen molar-refractivity contribution in [1.82, 2.24) is 9.97 Å². The number of nitrogens with zero attached hydrogens (tertiary/aromatic N) is 4. The molecule has 3 heterocycles. The second-order valence-corrected chi connectivity index (χ2v) is 10.7. The summed E-state index contributed by atoms with van der Waals surface area (Å²) < 4.78 is 33.6. The van der Waals surface area contributed by atoms with Gasteiger partial charge in [-0.05, 0) is 41.8 Å². The molecule has 1 aliphatic rings. The van der Waals surface area contributed by atoms with Gasteiger partial charge >= 0.3 is 5.97 Å². The fraction of sp³-hybridized carbons (Fsp3) is 0.233. The zero-order valence-electron chi connectivity index (χ0n) is 22.7. The van der Waals surface area contributed by atoms with E-state index >= 15 is 4.39 Å². The summed E-state index contributed by atoms with van der Waals surface area (Å²) in [5.74, 6) is -1.97. The molecule has 2 amide bonds. The lowest BCUT2D eigenvalue weighted by atomic mass is 9.95. The predicted molar refractivity (Wildman–Crippen MR) is 154 cm³/mol. The molecule has 2 aromatic carbocycles. The topological polar surface area (TPSA) is 113 Å². The third-order valence-electron chi connectivity index (χ3n) is 7.04. The number of alkyl halides is 1. The van der Waals surface area contributed by atoms with Crippen LogP contribution in [0.3, 0.4) is 0 Å². The van der Waals surface area contributed by atoms with Gasteiger partial charge in [0.1, 0.15) is 17.3 Å². The molecular weight excluding hydrogens is 566 g/mol. The number of benzene rings is 2. The van der Waals surface area contributed by atoms with Gasteiger partial charge in [-0.1, -0.05) is 41.7 Å². The zero-order chi connectivity index (χ0) is 30.0. The number of aromatic nitrogens is 2. The van der Waals surface area contributed by atoms with Crippen LogP contribution in [-0.4, -0.2) is 53.8 Å². The van der Waals surface area contributed by atoms with Crippen molar-refractivity contribution in [2.45, 2.75) is 19.3 Å². The molecule has 0 unspecified atom stereocenters. The molecule has 0 spiro atoms. The molecule has 9 nitrogen and oxygen atoms in total. The van der Waals surface area contributed by atoms with E-state index in [2.05, 4.69) is 9.97 Å². The number of carboxylic acid groups (broad SMARTS) is 1. The minimum absolute atomic E-state index is 0.0259. The van der Waals surface area contributed by atoms with Crippen molar-refractivity contribution in [3.63, 3.8) is 0 Å². The first kappa shape index (κ1) is 28.8. The number of hydrogen-bond acceptors (Lipinski definition) is 7. The third kappa shape index (κ3) is 5.84. The molecule has 42 heavy (non-hydrogen) atoms. The number of hydrogen-bond donors (Lipinski definition) is 1. The van der Waals surface area contributed by atoms with Gasteiger partial charge in [-0.3, -0.25) is 24.2 Å². The smallest absolute Gasteiger partial charge is 0.304 e. The Morgan fingerprint density at radius 3 is 2.64 bits per heavy atom. The van der Waals surface area contributed by atoms with Crippen molar-refractivity contribution in [2.24, 2.45) is 5.92 Å². The standard InChI is InChI=1S/C30H26F2N4O5S/c1-35-24(37)12-18-11-20(15-33-28(18)35)22-9-8-21(41-16-31)14-23(22)26-27(32)42-30(34-26)36(2)29(40)19(13-25(38)39)10-17-6-4-3-5-7-17/h3-9,11,14-15,19H,10,12-13,16H2,1-2H3,(H,38,39)/t19-/m1/s1. The maximum Gasteiger partial charge on any atom is 0.304 e. The summed E-state index contributed by atoms with van der Waals surface area (Å²) in [4.78, 5) is 48.6. The Kier molecular flexibility index (Phi) is 8.25. The molecule has 0 aliphatic carbocycles. The summed E-state index contributed by atoms with van der Waals surface area (Å²) in [5, 5.41) is 8.77. The number of fused-ring (bicyclic) bond motifs is 1. The summed E-state index contributed by atoms with van der Waals surface area (Å²) >= 11 is 0.630. The highest BCUT2D eigenvalue weighted by Crippen LogP contribution is 2.40. The quantitative estimate of drug-likeness (QED) is 0.272. The Hall–Kier alpha value is -4.71. The molecule has 0 saturated carbocycles. The molecular formula is C30H26F2N4O5S. The Morgan fingerprint density at radius 1 is 1.17 bits per heavy atom. The molecule has 1 atom stereocenters. The van der Waals surface area contributed by atoms with Gasteiger partial charge in [0.15, 0.2) is 5.13 Å². The van der Waals surface area contributed by atoms with Crippen LogP contribution in [0.4, 0.5) is 19.7 Å². The van der Waals surface area contributed by atoms with E-state index in [9.17, 15) is 23.9 Å². The molecule has 0 fully saturated rings. The van der Waals surface area contributed by atoms with Gasteiger partial charge in [0.2, 0.25) is 23.8 Å². The van der Waals surface area contributed by atoms with Gasteiger partial charge < -0.3 is 9.84 Å². The van der Waals surface area contributed by atoms with Crippen molar-refractivity contribution >= 4 is 40.1 Å². The lowest BCUT2D eigenvalue weighted by Crippen LogP contribution is -2.35. The number of likely N-dealkylation sites (N-methyl/N-ethyl adjacent to an activating group) is 1. The lowest BCUT2D eigenvalue weighted by Gasteiger charge is -2.21. The number of aliphatic carboxylic acids is 1. The van der Waals surface area contributed by atoms with Crippen LogP contribution in [0, 0.1) is 11.0 Å². The monoisotopic (exact) mass is 592 g/mol. The lowest BCUT2D eigenvalue weighted by molar-refractivity contribution is -0.140. The van der Waals surface area contributed by atoms with E-state index in [1.54, 1.807) is 49.6 Å². The van der Waals surface area contributed by atoms with Crippen molar-refractivity contribution in [1.29, 1.82) is 0 Å². The van der Waals surface area contributed by atoms with Crippen LogP contribution >= 0.6 is 11.3 Å². The second-order valence-electron chi connectivity index (χ2n) is 9.80. The molecule has 216 valence electrons. The van der Waals surface area contributed by atoms with Gasteiger partial charge in [-0.25, -0.2) is 14.4 Å². The summed E-state index contributed by atoms with van der Waals surface area (Å²) in [6, 6.07) is 15.4. The van der Waals surface area contributed by atoms with E-state index < -0.39 is 36.2 Å². The first-order valence-corrected chi connectivity index (χ1v) is 13.8. The fourth-order valence-electron chi connectivity index (χ4n) is 4.93. The SMILES string of the molecule is CN(C(=O)[C@@H](CC(=O)O)Cc1ccccc1)c1nc(-c2cc(OCF)ccc2-c2cnc3c(c2)CC(=O)N3C)c(F)s1. The van der Waals surface area contributed by atoms with E-state index in [0.29, 0.717) is 33.8 Å². The highest BCUT2D eigenvalue weighted by atomic mass is 32.1. The first-order chi connectivity index (χ1) is 20.2. The van der Waals surface area contributed by atoms with E-state index in [1.165, 1.54) is 24.1 Å². The highest BCUT2D eigenvalue weighted by molar-refractivity contribution is 7.14. The summed E-state index contributed by atoms with van der Waals surface area (Å²) in [5.41, 5.74) is 2.77. The van der Waals surface area contributed by atoms with E-state index in [0.717, 1.165) is 10.5 Å². The van der Waals surface area contributed by atoms with E-state index in [1.807, 2.05) is 6.07 Å². The maximum atomic E-state index is 15.6. The van der Waals surface area contributed by atoms with Gasteiger partial charge in [0.25, 0.3) is 0 Å². The minimum atomic E-state index is -1.13. The van der Waals surface area contributed by atoms with Gasteiger partial charge in [0.05, 0.1) is 18.8 Å². The summed E-state index contributed by atoms with van der Waals surface area (Å²) in [6.07, 6.45) is 1.51. The molecule has 12 heteroatoms. The molecule has 5 rings (SSSR count). The van der Waals surface area contributed by atoms with Gasteiger partial charge in [0, 0.05) is 37.0 Å². The summed E-state index contributed by atoms with van der Waals surface area (Å²) in [7, 11) is 3.06. The van der Waals surface area contributed by atoms with Crippen LogP contribution in [-0.2, 0) is 27.2 Å². The maximum absolute atomic E-state index is 15.6. The Balaban J connectivity index is 1.51. The number of carboxylic acids is 1. The molecule has 0 radical (unpaired) electrons. The number of pyridine rings is 1. The van der Waals surface area contributed by atoms with Gasteiger partial charge in [-0.15, -0.1) is 0 Å². The molecule has 0 saturated heterocycles.